The third-order valence-electron chi connectivity index (χ3n) is 7.34. The molecule has 5 rings (SSSR count). The Morgan fingerprint density at radius 2 is 1.89 bits per heavy atom. The normalized spacial score (nSPS) is 17.3. The van der Waals surface area contributed by atoms with Gasteiger partial charge in [-0.15, -0.1) is 0 Å². The maximum Gasteiger partial charge on any atom is 0.223 e. The van der Waals surface area contributed by atoms with Gasteiger partial charge in [0.1, 0.15) is 5.78 Å². The fourth-order valence-electron chi connectivity index (χ4n) is 5.26. The molecule has 7 heteroatoms. The Bertz CT molecular complexity index is 1460. The van der Waals surface area contributed by atoms with E-state index in [-0.39, 0.29) is 17.7 Å². The standard InChI is InChI=1S/C31H31ClN4O2/c1-2-24(37)16-21-12-10-20(11-13-21)14-15-29(38)22-6-5-7-23(17-22)35-31-34-19-27(32)30(36-31)26-18-33-28-9-4-3-8-25(26)28/h2-4,8-13,18-19,22-23,33H,1,5-7,14-17H2,(H,34,35,36)/t22-,23?/m0/s1. The molecule has 0 spiro atoms. The van der Waals surface area contributed by atoms with Crippen LogP contribution >= 0.6 is 11.6 Å². The Hall–Kier alpha value is -3.77. The van der Waals surface area contributed by atoms with Gasteiger partial charge in [0, 0.05) is 47.5 Å². The second kappa shape index (κ2) is 11.7. The van der Waals surface area contributed by atoms with E-state index in [2.05, 4.69) is 21.9 Å². The SMILES string of the molecule is C=CC(=O)Cc1ccc(CCC(=O)[C@H]2CCCC(Nc3ncc(Cl)c(-c4c[nH]c5ccccc45)n3)C2)cc1. The Kier molecular flexibility index (Phi) is 7.99. The summed E-state index contributed by atoms with van der Waals surface area (Å²) >= 11 is 6.49. The van der Waals surface area contributed by atoms with Gasteiger partial charge in [-0.05, 0) is 49.0 Å². The number of hydrogen-bond acceptors (Lipinski definition) is 5. The van der Waals surface area contributed by atoms with Crippen LogP contribution in [0.2, 0.25) is 5.02 Å². The molecule has 2 heterocycles. The lowest BCUT2D eigenvalue weighted by molar-refractivity contribution is -0.123. The van der Waals surface area contributed by atoms with Crippen LogP contribution in [0.1, 0.15) is 43.2 Å². The number of fused-ring (bicyclic) bond motifs is 1. The van der Waals surface area contributed by atoms with Gasteiger partial charge in [0.05, 0.1) is 16.9 Å². The number of nitrogens with one attached hydrogen (secondary N) is 2. The fraction of sp³-hybridized carbons (Fsp3) is 0.290. The van der Waals surface area contributed by atoms with Crippen LogP contribution in [0.15, 0.2) is 73.6 Å². The summed E-state index contributed by atoms with van der Waals surface area (Å²) < 4.78 is 0. The quantitative estimate of drug-likeness (QED) is 0.223. The van der Waals surface area contributed by atoms with Gasteiger partial charge in [0.25, 0.3) is 0 Å². The van der Waals surface area contributed by atoms with Crippen molar-refractivity contribution < 1.29 is 9.59 Å². The number of allylic oxidation sites excluding steroid dienone is 1. The maximum atomic E-state index is 13.1. The zero-order valence-corrected chi connectivity index (χ0v) is 22.0. The number of halogens is 1. The number of ketones is 2. The maximum absolute atomic E-state index is 13.1. The van der Waals surface area contributed by atoms with Crippen LogP contribution in [-0.4, -0.2) is 32.6 Å². The van der Waals surface area contributed by atoms with Crippen molar-refractivity contribution in [1.82, 2.24) is 15.0 Å². The molecular formula is C31H31ClN4O2. The summed E-state index contributed by atoms with van der Waals surface area (Å²) in [6.45, 7) is 3.52. The summed E-state index contributed by atoms with van der Waals surface area (Å²) in [7, 11) is 0. The Labute approximate surface area is 227 Å². The number of hydrogen-bond donors (Lipinski definition) is 2. The van der Waals surface area contributed by atoms with Crippen molar-refractivity contribution in [3.05, 3.63) is 89.7 Å². The van der Waals surface area contributed by atoms with E-state index in [0.717, 1.165) is 53.3 Å². The first-order valence-electron chi connectivity index (χ1n) is 13.1. The molecule has 1 fully saturated rings. The number of Topliss-reactive ketones (excluding diaryl/α,β-unsaturated/α-hetero) is 1. The molecule has 0 aliphatic heterocycles. The summed E-state index contributed by atoms with van der Waals surface area (Å²) in [5.41, 5.74) is 4.72. The van der Waals surface area contributed by atoms with Gasteiger partial charge in [0.15, 0.2) is 5.78 Å². The number of rotatable bonds is 10. The first-order chi connectivity index (χ1) is 18.5. The molecule has 1 aliphatic carbocycles. The largest absolute Gasteiger partial charge is 0.360 e. The summed E-state index contributed by atoms with van der Waals surface area (Å²) in [6, 6.07) is 16.1. The third kappa shape index (κ3) is 6.03. The van der Waals surface area contributed by atoms with Gasteiger partial charge in [-0.2, -0.15) is 0 Å². The molecule has 1 saturated carbocycles. The van der Waals surface area contributed by atoms with Gasteiger partial charge in [-0.25, -0.2) is 9.97 Å². The number of benzene rings is 2. The lowest BCUT2D eigenvalue weighted by Crippen LogP contribution is -2.31. The van der Waals surface area contributed by atoms with Crippen molar-refractivity contribution in [2.24, 2.45) is 5.92 Å². The first-order valence-corrected chi connectivity index (χ1v) is 13.5. The molecule has 0 saturated heterocycles. The van der Waals surface area contributed by atoms with E-state index in [4.69, 9.17) is 16.6 Å². The van der Waals surface area contributed by atoms with E-state index < -0.39 is 0 Å². The van der Waals surface area contributed by atoms with Crippen LogP contribution in [0.3, 0.4) is 0 Å². The minimum Gasteiger partial charge on any atom is -0.360 e. The van der Waals surface area contributed by atoms with E-state index in [0.29, 0.717) is 41.7 Å². The predicted octanol–water partition coefficient (Wildman–Crippen LogP) is 6.75. The van der Waals surface area contributed by atoms with Crippen LogP contribution < -0.4 is 5.32 Å². The number of carbonyl (C=O) groups is 2. The van der Waals surface area contributed by atoms with Gasteiger partial charge >= 0.3 is 0 Å². The van der Waals surface area contributed by atoms with Crippen molar-refractivity contribution in [2.45, 2.75) is 51.0 Å². The summed E-state index contributed by atoms with van der Waals surface area (Å²) in [6.07, 6.45) is 10.1. The average Bonchev–Trinajstić information content (AvgIpc) is 3.37. The number of anilines is 1. The van der Waals surface area contributed by atoms with Gasteiger partial charge in [-0.3, -0.25) is 9.59 Å². The molecular weight excluding hydrogens is 496 g/mol. The average molecular weight is 527 g/mol. The molecule has 0 amide bonds. The number of aromatic nitrogens is 3. The molecule has 1 unspecified atom stereocenters. The monoisotopic (exact) mass is 526 g/mol. The lowest BCUT2D eigenvalue weighted by Gasteiger charge is -2.29. The summed E-state index contributed by atoms with van der Waals surface area (Å²) in [5, 5.41) is 5.02. The second-order valence-electron chi connectivity index (χ2n) is 9.97. The number of carbonyl (C=O) groups excluding carboxylic acids is 2. The fourth-order valence-corrected chi connectivity index (χ4v) is 5.45. The van der Waals surface area contributed by atoms with Crippen LogP contribution in [0.4, 0.5) is 5.95 Å². The highest BCUT2D eigenvalue weighted by Crippen LogP contribution is 2.33. The molecule has 194 valence electrons. The van der Waals surface area contributed by atoms with E-state index in [9.17, 15) is 9.59 Å². The smallest absolute Gasteiger partial charge is 0.223 e. The Balaban J connectivity index is 1.19. The zero-order chi connectivity index (χ0) is 26.5. The molecule has 2 N–H and O–H groups in total. The second-order valence-corrected chi connectivity index (χ2v) is 10.4. The highest BCUT2D eigenvalue weighted by Gasteiger charge is 2.27. The molecule has 0 bridgehead atoms. The van der Waals surface area contributed by atoms with E-state index in [1.165, 1.54) is 6.08 Å². The molecule has 1 aliphatic rings. The predicted molar refractivity (Wildman–Crippen MR) is 152 cm³/mol. The summed E-state index contributed by atoms with van der Waals surface area (Å²) in [4.78, 5) is 37.1. The molecule has 2 aromatic carbocycles. The minimum absolute atomic E-state index is 0.00609. The van der Waals surface area contributed by atoms with Gasteiger partial charge < -0.3 is 10.3 Å². The van der Waals surface area contributed by atoms with E-state index in [1.54, 1.807) is 6.20 Å². The Morgan fingerprint density at radius 3 is 2.71 bits per heavy atom. The van der Waals surface area contributed by atoms with Crippen LogP contribution in [-0.2, 0) is 22.4 Å². The molecule has 2 aromatic heterocycles. The number of nitrogens with zero attached hydrogens (tertiary/aromatic N) is 2. The molecule has 4 aromatic rings. The lowest BCUT2D eigenvalue weighted by atomic mass is 9.81. The van der Waals surface area contributed by atoms with Crippen LogP contribution in [0.5, 0.6) is 0 Å². The van der Waals surface area contributed by atoms with Crippen molar-refractivity contribution >= 4 is 40.0 Å². The first kappa shape index (κ1) is 25.9. The number of aryl methyl sites for hydroxylation is 1. The van der Waals surface area contributed by atoms with Crippen LogP contribution in [0.25, 0.3) is 22.2 Å². The number of para-hydroxylation sites is 1. The van der Waals surface area contributed by atoms with E-state index >= 15 is 0 Å². The Morgan fingerprint density at radius 1 is 1.11 bits per heavy atom. The highest BCUT2D eigenvalue weighted by molar-refractivity contribution is 6.33. The molecule has 6 nitrogen and oxygen atoms in total. The third-order valence-corrected chi connectivity index (χ3v) is 7.62. The van der Waals surface area contributed by atoms with Crippen molar-refractivity contribution in [2.75, 3.05) is 5.32 Å². The van der Waals surface area contributed by atoms with E-state index in [1.807, 2.05) is 54.7 Å². The zero-order valence-electron chi connectivity index (χ0n) is 21.3. The van der Waals surface area contributed by atoms with Crippen LogP contribution in [0, 0.1) is 5.92 Å². The highest BCUT2D eigenvalue weighted by atomic mass is 35.5. The number of H-pyrrole nitrogens is 1. The molecule has 38 heavy (non-hydrogen) atoms. The molecule has 0 radical (unpaired) electrons. The minimum atomic E-state index is 0.00609. The van der Waals surface area contributed by atoms with Crippen molar-refractivity contribution in [3.8, 4) is 11.3 Å². The van der Waals surface area contributed by atoms with Gasteiger partial charge in [0.2, 0.25) is 5.95 Å². The summed E-state index contributed by atoms with van der Waals surface area (Å²) in [5.74, 6) is 0.874. The van der Waals surface area contributed by atoms with Gasteiger partial charge in [-0.1, -0.05) is 67.1 Å². The molecule has 2 atom stereocenters. The topological polar surface area (TPSA) is 87.7 Å². The van der Waals surface area contributed by atoms with Crippen molar-refractivity contribution in [1.29, 1.82) is 0 Å². The van der Waals surface area contributed by atoms with Crippen molar-refractivity contribution in [3.63, 3.8) is 0 Å². The number of aromatic amines is 1.